The van der Waals surface area contributed by atoms with E-state index in [0.717, 1.165) is 24.2 Å². The van der Waals surface area contributed by atoms with E-state index in [0.29, 0.717) is 44.6 Å². The van der Waals surface area contributed by atoms with Crippen molar-refractivity contribution < 1.29 is 18.3 Å². The van der Waals surface area contributed by atoms with Crippen LogP contribution < -0.4 is 16.0 Å². The average molecular weight is 578 g/mol. The van der Waals surface area contributed by atoms with E-state index in [-0.39, 0.29) is 46.2 Å². The Morgan fingerprint density at radius 3 is 2.62 bits per heavy atom. The van der Waals surface area contributed by atoms with Crippen molar-refractivity contribution in [2.75, 3.05) is 43.6 Å². The Bertz CT molecular complexity index is 1430. The molecule has 1 saturated carbocycles. The summed E-state index contributed by atoms with van der Waals surface area (Å²) >= 11 is 0. The number of nitrogens with zero attached hydrogens (tertiary/aromatic N) is 3. The van der Waals surface area contributed by atoms with Gasteiger partial charge in [-0.15, -0.1) is 0 Å². The second kappa shape index (κ2) is 12.4. The number of morpholine rings is 1. The van der Waals surface area contributed by atoms with E-state index in [1.54, 1.807) is 0 Å². The molecule has 3 aromatic rings. The highest BCUT2D eigenvalue weighted by Crippen LogP contribution is 2.50. The molecule has 224 valence electrons. The Labute approximate surface area is 246 Å². The topological polar surface area (TPSA) is 93.4 Å². The third-order valence-electron chi connectivity index (χ3n) is 9.38. The van der Waals surface area contributed by atoms with E-state index in [1.807, 2.05) is 25.5 Å². The van der Waals surface area contributed by atoms with Crippen molar-refractivity contribution in [1.29, 1.82) is 0 Å². The van der Waals surface area contributed by atoms with Gasteiger partial charge in [0.25, 0.3) is 0 Å². The van der Waals surface area contributed by atoms with Crippen molar-refractivity contribution >= 4 is 17.7 Å². The average Bonchev–Trinajstić information content (AvgIpc) is 2.99. The Balaban J connectivity index is 1.56. The molecule has 0 amide bonds. The van der Waals surface area contributed by atoms with Crippen LogP contribution in [0.1, 0.15) is 61.1 Å². The van der Waals surface area contributed by atoms with Crippen LogP contribution in [-0.4, -0.2) is 55.6 Å². The molecule has 3 N–H and O–H groups in total. The van der Waals surface area contributed by atoms with Crippen molar-refractivity contribution in [3.63, 3.8) is 0 Å². The number of aromatic nitrogens is 2. The first-order chi connectivity index (χ1) is 20.1. The fourth-order valence-corrected chi connectivity index (χ4v) is 7.09. The van der Waals surface area contributed by atoms with Gasteiger partial charge in [-0.1, -0.05) is 20.8 Å². The number of halogens is 2. The molecule has 9 heteroatoms. The van der Waals surface area contributed by atoms with Gasteiger partial charge >= 0.3 is 0 Å². The minimum atomic E-state index is -0.664. The first-order valence-electron chi connectivity index (χ1n) is 14.8. The molecule has 5 rings (SSSR count). The Hall–Kier alpha value is -3.43. The summed E-state index contributed by atoms with van der Waals surface area (Å²) in [4.78, 5) is 22.1. The molecule has 0 radical (unpaired) electrons. The van der Waals surface area contributed by atoms with E-state index in [2.05, 4.69) is 47.0 Å². The smallest absolute Gasteiger partial charge is 0.168 e. The highest BCUT2D eigenvalue weighted by Gasteiger charge is 2.43. The van der Waals surface area contributed by atoms with Crippen LogP contribution in [-0.2, 0) is 11.2 Å². The highest BCUT2D eigenvalue weighted by atomic mass is 19.1. The lowest BCUT2D eigenvalue weighted by Gasteiger charge is -2.47. The number of ether oxygens (including phenoxy) is 1. The van der Waals surface area contributed by atoms with E-state index >= 15 is 8.78 Å². The van der Waals surface area contributed by atoms with Gasteiger partial charge < -0.3 is 20.7 Å². The monoisotopic (exact) mass is 577 g/mol. The summed E-state index contributed by atoms with van der Waals surface area (Å²) in [5, 5.41) is 3.27. The van der Waals surface area contributed by atoms with Crippen molar-refractivity contribution in [2.45, 2.75) is 52.0 Å². The van der Waals surface area contributed by atoms with Gasteiger partial charge in [0.05, 0.1) is 25.1 Å². The van der Waals surface area contributed by atoms with Gasteiger partial charge in [-0.2, -0.15) is 0 Å². The van der Waals surface area contributed by atoms with Crippen LogP contribution in [0, 0.1) is 28.9 Å². The van der Waals surface area contributed by atoms with Gasteiger partial charge in [-0.25, -0.2) is 13.8 Å². The number of anilines is 2. The quantitative estimate of drug-likeness (QED) is 0.325. The molecule has 4 unspecified atom stereocenters. The number of carbonyl (C=O) groups excluding carboxylic acids is 1. The van der Waals surface area contributed by atoms with Crippen LogP contribution in [0.4, 0.5) is 20.2 Å². The van der Waals surface area contributed by atoms with E-state index < -0.39 is 11.6 Å². The number of aldehydes is 1. The van der Waals surface area contributed by atoms with Gasteiger partial charge in [0.2, 0.25) is 0 Å². The lowest BCUT2D eigenvalue weighted by Crippen LogP contribution is -2.46. The molecular weight excluding hydrogens is 536 g/mol. The molecule has 4 atom stereocenters. The van der Waals surface area contributed by atoms with Crippen LogP contribution in [0.25, 0.3) is 11.3 Å². The molecule has 1 aliphatic carbocycles. The molecule has 1 saturated heterocycles. The maximum atomic E-state index is 16.1. The maximum absolute atomic E-state index is 16.1. The molecular formula is C33H41F2N5O2. The fourth-order valence-electron chi connectivity index (χ4n) is 7.09. The van der Waals surface area contributed by atoms with Crippen LogP contribution in [0.2, 0.25) is 0 Å². The van der Waals surface area contributed by atoms with Crippen molar-refractivity contribution in [3.8, 4) is 11.3 Å². The number of nitrogens with two attached hydrogens (primary N) is 1. The Kier molecular flexibility index (Phi) is 8.89. The molecule has 3 heterocycles. The van der Waals surface area contributed by atoms with Crippen LogP contribution >= 0.6 is 0 Å². The standard InChI is InChI=1S/C33H41F2N5O2/c1-20-26(14-21(15-29(20)36)25-7-8-38-18-30(25)37-4)33(2,3)17-22-13-24(40-9-11-42-12-10-40)16-28(35)31(22)32-27(34)6-5-23(19-41)39-32/h5-8,13,16,18-21,26,29,37H,9-12,14-15,17,36H2,1-4H3. The van der Waals surface area contributed by atoms with Crippen molar-refractivity contribution in [1.82, 2.24) is 9.97 Å². The van der Waals surface area contributed by atoms with E-state index in [9.17, 15) is 4.79 Å². The molecule has 2 fully saturated rings. The summed E-state index contributed by atoms with van der Waals surface area (Å²) in [5.74, 6) is -0.555. The number of hydrogen-bond acceptors (Lipinski definition) is 7. The zero-order valence-electron chi connectivity index (χ0n) is 24.9. The maximum Gasteiger partial charge on any atom is 0.168 e. The molecule has 0 spiro atoms. The molecule has 2 aromatic heterocycles. The minimum absolute atomic E-state index is 0.00910. The summed E-state index contributed by atoms with van der Waals surface area (Å²) in [7, 11) is 1.90. The second-order valence-electron chi connectivity index (χ2n) is 12.4. The van der Waals surface area contributed by atoms with Crippen LogP contribution in [0.15, 0.2) is 42.7 Å². The Morgan fingerprint density at radius 1 is 1.14 bits per heavy atom. The number of benzene rings is 1. The van der Waals surface area contributed by atoms with Gasteiger partial charge in [0, 0.05) is 43.6 Å². The summed E-state index contributed by atoms with van der Waals surface area (Å²) in [5.41, 5.74) is 10.1. The number of rotatable bonds is 8. The fraction of sp³-hybridized carbons (Fsp3) is 0.485. The van der Waals surface area contributed by atoms with Gasteiger partial charge in [-0.05, 0) is 83.9 Å². The number of pyridine rings is 2. The summed E-state index contributed by atoms with van der Waals surface area (Å²) in [6.07, 6.45) is 6.48. The van der Waals surface area contributed by atoms with E-state index in [1.165, 1.54) is 23.8 Å². The SMILES string of the molecule is CNc1cnccc1C1CC(N)C(C)C(C(C)(C)Cc2cc(N3CCOCC3)cc(F)c2-c2nc(C=O)ccc2F)C1. The second-order valence-corrected chi connectivity index (χ2v) is 12.4. The third-order valence-corrected chi connectivity index (χ3v) is 9.38. The normalized spacial score (nSPS) is 23.1. The van der Waals surface area contributed by atoms with Crippen LogP contribution in [0.3, 0.4) is 0 Å². The van der Waals surface area contributed by atoms with Crippen molar-refractivity contribution in [2.24, 2.45) is 23.0 Å². The Morgan fingerprint density at radius 2 is 1.90 bits per heavy atom. The van der Waals surface area contributed by atoms with E-state index in [4.69, 9.17) is 10.5 Å². The number of hydrogen-bond donors (Lipinski definition) is 2. The summed E-state index contributed by atoms with van der Waals surface area (Å²) < 4.78 is 36.8. The summed E-state index contributed by atoms with van der Waals surface area (Å²) in [6, 6.07) is 7.95. The molecule has 7 nitrogen and oxygen atoms in total. The number of nitrogens with one attached hydrogen (secondary N) is 1. The first-order valence-corrected chi connectivity index (χ1v) is 14.8. The molecule has 1 aliphatic heterocycles. The molecule has 1 aromatic carbocycles. The largest absolute Gasteiger partial charge is 0.387 e. The predicted octanol–water partition coefficient (Wildman–Crippen LogP) is 5.84. The lowest BCUT2D eigenvalue weighted by atomic mass is 9.59. The van der Waals surface area contributed by atoms with Gasteiger partial charge in [0.15, 0.2) is 6.29 Å². The zero-order valence-corrected chi connectivity index (χ0v) is 24.9. The highest BCUT2D eigenvalue weighted by molar-refractivity contribution is 5.76. The molecule has 0 bridgehead atoms. The van der Waals surface area contributed by atoms with Gasteiger partial charge in [0.1, 0.15) is 23.0 Å². The molecule has 42 heavy (non-hydrogen) atoms. The minimum Gasteiger partial charge on any atom is -0.387 e. The predicted molar refractivity (Wildman–Crippen MR) is 162 cm³/mol. The van der Waals surface area contributed by atoms with Gasteiger partial charge in [-0.3, -0.25) is 9.78 Å². The lowest BCUT2D eigenvalue weighted by molar-refractivity contribution is 0.0768. The summed E-state index contributed by atoms with van der Waals surface area (Å²) in [6.45, 7) is 9.01. The third kappa shape index (κ3) is 6.03. The van der Waals surface area contributed by atoms with Crippen molar-refractivity contribution in [3.05, 3.63) is 71.2 Å². The first kappa shape index (κ1) is 30.0. The number of carbonyl (C=O) groups is 1. The van der Waals surface area contributed by atoms with Crippen LogP contribution in [0.5, 0.6) is 0 Å². The molecule has 2 aliphatic rings. The zero-order chi connectivity index (χ0) is 30.0.